The van der Waals surface area contributed by atoms with E-state index < -0.39 is 0 Å². The van der Waals surface area contributed by atoms with Crippen LogP contribution in [0, 0.1) is 11.3 Å². The van der Waals surface area contributed by atoms with E-state index in [0.29, 0.717) is 18.1 Å². The summed E-state index contributed by atoms with van der Waals surface area (Å²) in [7, 11) is 1.59. The quantitative estimate of drug-likeness (QED) is 0.571. The number of para-hydroxylation sites is 2. The molecule has 0 radical (unpaired) electrons. The zero-order chi connectivity index (χ0) is 11.3. The molecule has 0 fully saturated rings. The Balaban J connectivity index is 2.60. The van der Waals surface area contributed by atoms with Crippen molar-refractivity contribution in [2.24, 2.45) is 11.7 Å². The molecule has 0 aliphatic rings. The summed E-state index contributed by atoms with van der Waals surface area (Å²) >= 11 is 0. The second-order valence-corrected chi connectivity index (χ2v) is 3.32. The zero-order valence-corrected chi connectivity index (χ0v) is 8.99. The first-order chi connectivity index (χ1) is 7.15. The highest BCUT2D eigenvalue weighted by Crippen LogP contribution is 2.25. The van der Waals surface area contributed by atoms with Gasteiger partial charge in [0.1, 0.15) is 0 Å². The van der Waals surface area contributed by atoms with Crippen molar-refractivity contribution >= 4 is 5.84 Å². The van der Waals surface area contributed by atoms with Gasteiger partial charge in [0.15, 0.2) is 11.5 Å². The molecule has 4 heteroatoms. The number of nitrogens with two attached hydrogens (primary N) is 1. The molecule has 3 N–H and O–H groups in total. The number of rotatable bonds is 5. The van der Waals surface area contributed by atoms with Gasteiger partial charge in [0.25, 0.3) is 0 Å². The number of amidine groups is 1. The van der Waals surface area contributed by atoms with Gasteiger partial charge in [0.05, 0.1) is 19.6 Å². The van der Waals surface area contributed by atoms with Crippen molar-refractivity contribution in [3.05, 3.63) is 24.3 Å². The SMILES string of the molecule is COc1ccccc1OCC(C)C(=N)N. The van der Waals surface area contributed by atoms with Crippen molar-refractivity contribution < 1.29 is 9.47 Å². The minimum absolute atomic E-state index is 0.0880. The fraction of sp³-hybridized carbons (Fsp3) is 0.364. The van der Waals surface area contributed by atoms with Crippen LogP contribution in [-0.4, -0.2) is 19.6 Å². The van der Waals surface area contributed by atoms with Crippen molar-refractivity contribution in [2.75, 3.05) is 13.7 Å². The van der Waals surface area contributed by atoms with Gasteiger partial charge in [0, 0.05) is 5.92 Å². The first-order valence-electron chi connectivity index (χ1n) is 4.75. The molecule has 0 heterocycles. The highest BCUT2D eigenvalue weighted by atomic mass is 16.5. The molecule has 0 saturated carbocycles. The zero-order valence-electron chi connectivity index (χ0n) is 8.99. The minimum atomic E-state index is -0.0880. The minimum Gasteiger partial charge on any atom is -0.493 e. The van der Waals surface area contributed by atoms with Gasteiger partial charge >= 0.3 is 0 Å². The smallest absolute Gasteiger partial charge is 0.161 e. The molecule has 1 rings (SSSR count). The van der Waals surface area contributed by atoms with Crippen LogP contribution < -0.4 is 15.2 Å². The number of ether oxygens (including phenoxy) is 2. The molecular formula is C11H16N2O2. The van der Waals surface area contributed by atoms with E-state index in [4.69, 9.17) is 20.6 Å². The summed E-state index contributed by atoms with van der Waals surface area (Å²) < 4.78 is 10.6. The van der Waals surface area contributed by atoms with Crippen LogP contribution in [0.1, 0.15) is 6.92 Å². The summed E-state index contributed by atoms with van der Waals surface area (Å²) in [6, 6.07) is 7.40. The number of hydrogen-bond acceptors (Lipinski definition) is 3. The Morgan fingerprint density at radius 1 is 1.40 bits per heavy atom. The van der Waals surface area contributed by atoms with Gasteiger partial charge in [-0.3, -0.25) is 5.41 Å². The summed E-state index contributed by atoms with van der Waals surface area (Å²) in [6.07, 6.45) is 0. The molecule has 0 saturated heterocycles. The molecule has 0 aromatic heterocycles. The molecule has 0 aliphatic heterocycles. The van der Waals surface area contributed by atoms with Gasteiger partial charge in [-0.15, -0.1) is 0 Å². The van der Waals surface area contributed by atoms with Gasteiger partial charge in [-0.1, -0.05) is 19.1 Å². The Labute approximate surface area is 89.5 Å². The van der Waals surface area contributed by atoms with Crippen LogP contribution >= 0.6 is 0 Å². The average Bonchev–Trinajstić information content (AvgIpc) is 2.26. The van der Waals surface area contributed by atoms with Crippen LogP contribution in [0.15, 0.2) is 24.3 Å². The number of hydrogen-bond donors (Lipinski definition) is 2. The molecule has 1 atom stereocenters. The summed E-state index contributed by atoms with van der Waals surface area (Å²) in [4.78, 5) is 0. The van der Waals surface area contributed by atoms with Gasteiger partial charge in [0.2, 0.25) is 0 Å². The Bertz CT molecular complexity index is 339. The molecule has 82 valence electrons. The fourth-order valence-corrected chi connectivity index (χ4v) is 1.04. The van der Waals surface area contributed by atoms with E-state index in [0.717, 1.165) is 0 Å². The number of nitrogens with one attached hydrogen (secondary N) is 1. The standard InChI is InChI=1S/C11H16N2O2/c1-8(11(12)13)7-15-10-6-4-3-5-9(10)14-2/h3-6,8H,7H2,1-2H3,(H3,12,13). The molecule has 0 spiro atoms. The Morgan fingerprint density at radius 2 is 2.00 bits per heavy atom. The third-order valence-electron chi connectivity index (χ3n) is 2.09. The third kappa shape index (κ3) is 3.16. The van der Waals surface area contributed by atoms with E-state index in [9.17, 15) is 0 Å². The fourth-order valence-electron chi connectivity index (χ4n) is 1.04. The highest BCUT2D eigenvalue weighted by Gasteiger charge is 2.08. The van der Waals surface area contributed by atoms with Crippen molar-refractivity contribution in [3.8, 4) is 11.5 Å². The molecule has 0 bridgehead atoms. The maximum Gasteiger partial charge on any atom is 0.161 e. The van der Waals surface area contributed by atoms with Crippen LogP contribution in [0.2, 0.25) is 0 Å². The summed E-state index contributed by atoms with van der Waals surface area (Å²) in [5.74, 6) is 1.40. The molecule has 15 heavy (non-hydrogen) atoms. The Morgan fingerprint density at radius 3 is 2.53 bits per heavy atom. The van der Waals surface area contributed by atoms with E-state index in [1.165, 1.54) is 0 Å². The predicted molar refractivity (Wildman–Crippen MR) is 59.6 cm³/mol. The van der Waals surface area contributed by atoms with Crippen LogP contribution in [0.25, 0.3) is 0 Å². The topological polar surface area (TPSA) is 68.3 Å². The Hall–Kier alpha value is -1.71. The average molecular weight is 208 g/mol. The number of methoxy groups -OCH3 is 1. The monoisotopic (exact) mass is 208 g/mol. The summed E-state index contributed by atoms with van der Waals surface area (Å²) in [6.45, 7) is 2.23. The van der Waals surface area contributed by atoms with E-state index in [-0.39, 0.29) is 11.8 Å². The van der Waals surface area contributed by atoms with Gasteiger partial charge < -0.3 is 15.2 Å². The first-order valence-corrected chi connectivity index (χ1v) is 4.75. The van der Waals surface area contributed by atoms with E-state index >= 15 is 0 Å². The molecule has 0 aliphatic carbocycles. The molecule has 0 amide bonds. The third-order valence-corrected chi connectivity index (χ3v) is 2.09. The van der Waals surface area contributed by atoms with Crippen LogP contribution in [-0.2, 0) is 0 Å². The summed E-state index contributed by atoms with van der Waals surface area (Å²) in [5.41, 5.74) is 5.34. The normalized spacial score (nSPS) is 11.9. The van der Waals surface area contributed by atoms with Crippen LogP contribution in [0.4, 0.5) is 0 Å². The molecule has 1 aromatic rings. The van der Waals surface area contributed by atoms with Gasteiger partial charge in [-0.25, -0.2) is 0 Å². The van der Waals surface area contributed by atoms with Gasteiger partial charge in [-0.2, -0.15) is 0 Å². The first kappa shape index (κ1) is 11.4. The molecule has 1 aromatic carbocycles. The van der Waals surface area contributed by atoms with E-state index in [1.54, 1.807) is 7.11 Å². The maximum atomic E-state index is 7.23. The molecule has 4 nitrogen and oxygen atoms in total. The van der Waals surface area contributed by atoms with Crippen LogP contribution in [0.5, 0.6) is 11.5 Å². The van der Waals surface area contributed by atoms with Gasteiger partial charge in [-0.05, 0) is 12.1 Å². The molecule has 1 unspecified atom stereocenters. The lowest BCUT2D eigenvalue weighted by Gasteiger charge is -2.13. The van der Waals surface area contributed by atoms with Crippen molar-refractivity contribution in [2.45, 2.75) is 6.92 Å². The van der Waals surface area contributed by atoms with Crippen molar-refractivity contribution in [1.29, 1.82) is 5.41 Å². The molecular weight excluding hydrogens is 192 g/mol. The second kappa shape index (κ2) is 5.24. The Kier molecular flexibility index (Phi) is 3.97. The number of benzene rings is 1. The maximum absolute atomic E-state index is 7.23. The largest absolute Gasteiger partial charge is 0.493 e. The van der Waals surface area contributed by atoms with Crippen LogP contribution in [0.3, 0.4) is 0 Å². The van der Waals surface area contributed by atoms with E-state index in [2.05, 4.69) is 0 Å². The van der Waals surface area contributed by atoms with Crippen molar-refractivity contribution in [1.82, 2.24) is 0 Å². The van der Waals surface area contributed by atoms with Crippen molar-refractivity contribution in [3.63, 3.8) is 0 Å². The lowest BCUT2D eigenvalue weighted by molar-refractivity contribution is 0.274. The predicted octanol–water partition coefficient (Wildman–Crippen LogP) is 1.65. The lowest BCUT2D eigenvalue weighted by Crippen LogP contribution is -2.25. The summed E-state index contributed by atoms with van der Waals surface area (Å²) in [5, 5.41) is 7.23. The second-order valence-electron chi connectivity index (χ2n) is 3.32. The van der Waals surface area contributed by atoms with E-state index in [1.807, 2.05) is 31.2 Å². The lowest BCUT2D eigenvalue weighted by atomic mass is 10.2. The highest BCUT2D eigenvalue weighted by molar-refractivity contribution is 5.79.